The van der Waals surface area contributed by atoms with Gasteiger partial charge in [0.2, 0.25) is 0 Å². The summed E-state index contributed by atoms with van der Waals surface area (Å²) in [5.74, 6) is -2.01. The molecule has 0 saturated heterocycles. The molecule has 26 heavy (non-hydrogen) atoms. The highest BCUT2D eigenvalue weighted by Gasteiger charge is 2.62. The third-order valence-corrected chi connectivity index (χ3v) is 6.21. The van der Waals surface area contributed by atoms with Crippen LogP contribution in [0, 0.1) is 5.92 Å². The molecule has 1 aliphatic rings. The molecular weight excluding hydrogens is 369 g/mol. The maximum atomic E-state index is 15.0. The SMILES string of the molecule is CCOP(=O)(OCC)C(F)(F)[C@@H]1CN=N[C@H]1c1ccc(C(=O)OC)cc1. The molecule has 0 unspecified atom stereocenters. The number of azo groups is 1. The summed E-state index contributed by atoms with van der Waals surface area (Å²) in [5, 5.41) is 7.60. The minimum atomic E-state index is -4.69. The van der Waals surface area contributed by atoms with Gasteiger partial charge in [0.05, 0.1) is 38.3 Å². The smallest absolute Gasteiger partial charge is 0.400 e. The topological polar surface area (TPSA) is 86.5 Å². The first-order valence-corrected chi connectivity index (χ1v) is 9.66. The molecule has 0 radical (unpaired) electrons. The number of rotatable bonds is 8. The van der Waals surface area contributed by atoms with Gasteiger partial charge >= 0.3 is 19.2 Å². The van der Waals surface area contributed by atoms with Gasteiger partial charge in [-0.3, -0.25) is 4.57 Å². The molecule has 0 saturated carbocycles. The number of esters is 1. The van der Waals surface area contributed by atoms with E-state index in [0.29, 0.717) is 5.56 Å². The average Bonchev–Trinajstić information content (AvgIpc) is 3.12. The maximum absolute atomic E-state index is 15.0. The number of ether oxygens (including phenoxy) is 1. The Morgan fingerprint density at radius 2 is 1.81 bits per heavy atom. The van der Waals surface area contributed by atoms with E-state index in [-0.39, 0.29) is 25.3 Å². The zero-order valence-electron chi connectivity index (χ0n) is 14.7. The van der Waals surface area contributed by atoms with Gasteiger partial charge in [0, 0.05) is 0 Å². The number of alkyl halides is 2. The second kappa shape index (κ2) is 8.33. The lowest BCUT2D eigenvalue weighted by Crippen LogP contribution is -2.34. The Bertz CT molecular complexity index is 701. The fourth-order valence-corrected chi connectivity index (χ4v) is 4.42. The molecule has 1 heterocycles. The Hall–Kier alpha value is -1.70. The van der Waals surface area contributed by atoms with Crippen LogP contribution in [-0.2, 0) is 18.3 Å². The van der Waals surface area contributed by atoms with Crippen LogP contribution in [0.1, 0.15) is 35.8 Å². The molecular formula is C16H21F2N2O5P. The molecule has 144 valence electrons. The van der Waals surface area contributed by atoms with E-state index in [1.165, 1.54) is 45.2 Å². The summed E-state index contributed by atoms with van der Waals surface area (Å²) in [7, 11) is -3.44. The number of hydrogen-bond donors (Lipinski definition) is 0. The zero-order valence-corrected chi connectivity index (χ0v) is 15.6. The predicted octanol–water partition coefficient (Wildman–Crippen LogP) is 4.46. The fraction of sp³-hybridized carbons (Fsp3) is 0.562. The molecule has 0 N–H and O–H groups in total. The molecule has 1 aromatic rings. The van der Waals surface area contributed by atoms with Crippen LogP contribution in [0.15, 0.2) is 34.5 Å². The van der Waals surface area contributed by atoms with E-state index in [4.69, 9.17) is 9.05 Å². The van der Waals surface area contributed by atoms with E-state index in [2.05, 4.69) is 15.0 Å². The Morgan fingerprint density at radius 1 is 1.23 bits per heavy atom. The molecule has 2 atom stereocenters. The Balaban J connectivity index is 2.32. The van der Waals surface area contributed by atoms with Crippen molar-refractivity contribution in [2.45, 2.75) is 25.6 Å². The van der Waals surface area contributed by atoms with Crippen molar-refractivity contribution in [3.63, 3.8) is 0 Å². The van der Waals surface area contributed by atoms with E-state index >= 15 is 8.78 Å². The number of nitrogens with zero attached hydrogens (tertiary/aromatic N) is 2. The summed E-state index contributed by atoms with van der Waals surface area (Å²) in [6, 6.07) is 4.88. The predicted molar refractivity (Wildman–Crippen MR) is 89.5 cm³/mol. The molecule has 2 rings (SSSR count). The second-order valence-corrected chi connectivity index (χ2v) is 7.63. The van der Waals surface area contributed by atoms with Gasteiger partial charge in [-0.15, -0.1) is 0 Å². The monoisotopic (exact) mass is 390 g/mol. The summed E-state index contributed by atoms with van der Waals surface area (Å²) >= 11 is 0. The van der Waals surface area contributed by atoms with Gasteiger partial charge in [-0.1, -0.05) is 12.1 Å². The number of benzene rings is 1. The van der Waals surface area contributed by atoms with Gasteiger partial charge in [-0.25, -0.2) is 4.79 Å². The van der Waals surface area contributed by atoms with Crippen LogP contribution in [-0.4, -0.2) is 38.5 Å². The Labute approximate surface area is 150 Å². The van der Waals surface area contributed by atoms with Gasteiger partial charge in [0.15, 0.2) is 0 Å². The minimum absolute atomic E-state index is 0.174. The quantitative estimate of drug-likeness (QED) is 0.483. The van der Waals surface area contributed by atoms with Crippen molar-refractivity contribution < 1.29 is 31.9 Å². The van der Waals surface area contributed by atoms with E-state index in [0.717, 1.165) is 0 Å². The normalized spacial score (nSPS) is 20.3. The summed E-state index contributed by atoms with van der Waals surface area (Å²) in [6.45, 7) is 2.28. The molecule has 0 spiro atoms. The molecule has 1 aromatic carbocycles. The fourth-order valence-electron chi connectivity index (χ4n) is 2.69. The highest BCUT2D eigenvalue weighted by Crippen LogP contribution is 2.67. The Morgan fingerprint density at radius 3 is 2.31 bits per heavy atom. The molecule has 0 fully saturated rings. The van der Waals surface area contributed by atoms with Gasteiger partial charge in [-0.2, -0.15) is 19.0 Å². The maximum Gasteiger partial charge on any atom is 0.400 e. The first-order valence-electron chi connectivity index (χ1n) is 8.12. The molecule has 10 heteroatoms. The first-order chi connectivity index (χ1) is 12.3. The van der Waals surface area contributed by atoms with E-state index in [9.17, 15) is 9.36 Å². The molecule has 7 nitrogen and oxygen atoms in total. The summed E-state index contributed by atoms with van der Waals surface area (Å²) in [4.78, 5) is 11.5. The van der Waals surface area contributed by atoms with Crippen molar-refractivity contribution in [2.75, 3.05) is 26.9 Å². The van der Waals surface area contributed by atoms with Crippen molar-refractivity contribution in [2.24, 2.45) is 16.1 Å². The number of hydrogen-bond acceptors (Lipinski definition) is 7. The summed E-state index contributed by atoms with van der Waals surface area (Å²) in [5.41, 5.74) is -3.07. The van der Waals surface area contributed by atoms with E-state index in [1.54, 1.807) is 0 Å². The van der Waals surface area contributed by atoms with Crippen molar-refractivity contribution in [1.29, 1.82) is 0 Å². The van der Waals surface area contributed by atoms with Gasteiger partial charge in [0.1, 0.15) is 6.04 Å². The number of halogens is 2. The highest BCUT2D eigenvalue weighted by molar-refractivity contribution is 7.55. The van der Waals surface area contributed by atoms with Crippen LogP contribution < -0.4 is 0 Å². The average molecular weight is 390 g/mol. The summed E-state index contributed by atoms with van der Waals surface area (Å²) in [6.07, 6.45) is 0. The highest BCUT2D eigenvalue weighted by atomic mass is 31.2. The van der Waals surface area contributed by atoms with E-state index in [1.807, 2.05) is 0 Å². The third kappa shape index (κ3) is 3.84. The van der Waals surface area contributed by atoms with Crippen LogP contribution in [0.5, 0.6) is 0 Å². The van der Waals surface area contributed by atoms with Gasteiger partial charge < -0.3 is 13.8 Å². The van der Waals surface area contributed by atoms with Crippen molar-refractivity contribution >= 4 is 13.6 Å². The van der Waals surface area contributed by atoms with Crippen LogP contribution in [0.4, 0.5) is 8.78 Å². The molecule has 1 aliphatic heterocycles. The molecule has 0 bridgehead atoms. The lowest BCUT2D eigenvalue weighted by Gasteiger charge is -2.31. The third-order valence-electron chi connectivity index (χ3n) is 3.95. The first kappa shape index (κ1) is 20.6. The van der Waals surface area contributed by atoms with Gasteiger partial charge in [0.25, 0.3) is 0 Å². The molecule has 0 amide bonds. The molecule has 0 aliphatic carbocycles. The number of methoxy groups -OCH3 is 1. The second-order valence-electron chi connectivity index (χ2n) is 5.53. The van der Waals surface area contributed by atoms with Crippen molar-refractivity contribution in [3.8, 4) is 0 Å². The van der Waals surface area contributed by atoms with Crippen molar-refractivity contribution in [1.82, 2.24) is 0 Å². The number of carbonyl (C=O) groups is 1. The molecule has 0 aromatic heterocycles. The van der Waals surface area contributed by atoms with Crippen LogP contribution >= 0.6 is 7.60 Å². The van der Waals surface area contributed by atoms with Crippen LogP contribution in [0.3, 0.4) is 0 Å². The lowest BCUT2D eigenvalue weighted by atomic mass is 9.94. The van der Waals surface area contributed by atoms with Gasteiger partial charge in [-0.05, 0) is 31.5 Å². The largest absolute Gasteiger partial charge is 0.465 e. The summed E-state index contributed by atoms with van der Waals surface area (Å²) < 4.78 is 57.0. The minimum Gasteiger partial charge on any atom is -0.465 e. The van der Waals surface area contributed by atoms with Crippen molar-refractivity contribution in [3.05, 3.63) is 35.4 Å². The lowest BCUT2D eigenvalue weighted by molar-refractivity contribution is -0.0128. The van der Waals surface area contributed by atoms with E-state index < -0.39 is 31.2 Å². The standard InChI is InChI=1S/C16H21F2N2O5P/c1-4-24-26(22,25-5-2)16(17,18)13-10-19-20-14(13)11-6-8-12(9-7-11)15(21)23-3/h6-9,13-14H,4-5,10H2,1-3H3/t13-,14+/m1/s1. The van der Waals surface area contributed by atoms with Crippen LogP contribution in [0.25, 0.3) is 0 Å². The van der Waals surface area contributed by atoms with Crippen LogP contribution in [0.2, 0.25) is 0 Å². The Kier molecular flexibility index (Phi) is 6.60. The number of carbonyl (C=O) groups excluding carboxylic acids is 1. The zero-order chi connectivity index (χ0) is 19.4.